The number of rotatable bonds is 9. The largest absolute Gasteiger partial charge is 0.492 e. The van der Waals surface area contributed by atoms with Crippen LogP contribution in [0.15, 0.2) is 18.5 Å². The maximum atomic E-state index is 15.5. The fourth-order valence-corrected chi connectivity index (χ4v) is 5.46. The number of carbonyl (C=O) groups is 2. The van der Waals surface area contributed by atoms with Crippen LogP contribution in [0.4, 0.5) is 4.39 Å². The molecule has 2 aliphatic rings. The van der Waals surface area contributed by atoms with Crippen molar-refractivity contribution in [3.05, 3.63) is 41.1 Å². The topological polar surface area (TPSA) is 118 Å². The molecule has 0 aliphatic heterocycles. The van der Waals surface area contributed by atoms with E-state index in [-0.39, 0.29) is 42.0 Å². The van der Waals surface area contributed by atoms with Crippen molar-refractivity contribution in [2.45, 2.75) is 65.0 Å². The summed E-state index contributed by atoms with van der Waals surface area (Å²) in [7, 11) is 1.50. The molecule has 3 N–H and O–H groups in total. The van der Waals surface area contributed by atoms with E-state index in [2.05, 4.69) is 32.5 Å². The molecule has 2 amide bonds. The van der Waals surface area contributed by atoms with E-state index < -0.39 is 5.82 Å². The zero-order valence-corrected chi connectivity index (χ0v) is 22.9. The third-order valence-corrected chi connectivity index (χ3v) is 7.83. The predicted octanol–water partition coefficient (Wildman–Crippen LogP) is 4.22. The number of amides is 2. The summed E-state index contributed by atoms with van der Waals surface area (Å²) >= 11 is 0. The highest BCUT2D eigenvalue weighted by Gasteiger charge is 2.31. The number of carbonyl (C=O) groups excluding carboxylic acids is 2. The van der Waals surface area contributed by atoms with E-state index in [1.54, 1.807) is 19.1 Å². The predicted molar refractivity (Wildman–Crippen MR) is 145 cm³/mol. The summed E-state index contributed by atoms with van der Waals surface area (Å²) in [5.41, 5.74) is 3.13. The highest BCUT2D eigenvalue weighted by Crippen LogP contribution is 2.39. The fraction of sp³-hybridized carbons (Fsp3) is 0.517. The van der Waals surface area contributed by atoms with Crippen molar-refractivity contribution in [1.82, 2.24) is 25.6 Å². The van der Waals surface area contributed by atoms with E-state index in [1.165, 1.54) is 13.4 Å². The first-order valence-electron chi connectivity index (χ1n) is 13.6. The minimum Gasteiger partial charge on any atom is -0.492 e. The van der Waals surface area contributed by atoms with Crippen LogP contribution in [0.5, 0.6) is 5.75 Å². The van der Waals surface area contributed by atoms with Crippen LogP contribution < -0.4 is 15.4 Å². The minimum absolute atomic E-state index is 0.0354. The second-order valence-corrected chi connectivity index (χ2v) is 11.0. The first-order valence-corrected chi connectivity index (χ1v) is 13.6. The van der Waals surface area contributed by atoms with Gasteiger partial charge in [-0.15, -0.1) is 0 Å². The normalized spacial score (nSPS) is 21.1. The highest BCUT2D eigenvalue weighted by atomic mass is 19.1. The van der Waals surface area contributed by atoms with Gasteiger partial charge >= 0.3 is 0 Å². The molecule has 0 radical (unpaired) electrons. The number of aromatic amines is 1. The number of ether oxygens (including phenoxy) is 2. The molecule has 2 saturated carbocycles. The Morgan fingerprint density at radius 3 is 2.64 bits per heavy atom. The average molecular weight is 538 g/mol. The van der Waals surface area contributed by atoms with Gasteiger partial charge in [0.05, 0.1) is 23.3 Å². The molecule has 3 atom stereocenters. The fourth-order valence-electron chi connectivity index (χ4n) is 5.46. The van der Waals surface area contributed by atoms with Crippen molar-refractivity contribution < 1.29 is 23.5 Å². The lowest BCUT2D eigenvalue weighted by Gasteiger charge is -2.35. The smallest absolute Gasteiger partial charge is 0.255 e. The molecule has 208 valence electrons. The van der Waals surface area contributed by atoms with E-state index >= 15 is 4.39 Å². The first kappa shape index (κ1) is 27.1. The van der Waals surface area contributed by atoms with Crippen molar-refractivity contribution in [1.29, 1.82) is 0 Å². The number of methoxy groups -OCH3 is 1. The number of hydrogen-bond donors (Lipinski definition) is 3. The molecule has 2 aliphatic carbocycles. The van der Waals surface area contributed by atoms with Crippen molar-refractivity contribution in [3.8, 4) is 17.0 Å². The summed E-state index contributed by atoms with van der Waals surface area (Å²) in [5.74, 6) is 0.373. The zero-order valence-electron chi connectivity index (χ0n) is 22.9. The van der Waals surface area contributed by atoms with Crippen molar-refractivity contribution >= 4 is 22.8 Å². The molecule has 1 aromatic carbocycles. The number of nitrogens with one attached hydrogen (secondary N) is 3. The number of nitrogens with zero attached hydrogens (tertiary/aromatic N) is 2. The summed E-state index contributed by atoms with van der Waals surface area (Å²) in [6.45, 7) is 6.17. The van der Waals surface area contributed by atoms with Gasteiger partial charge in [0, 0.05) is 24.9 Å². The maximum Gasteiger partial charge on any atom is 0.255 e. The first-order chi connectivity index (χ1) is 18.8. The third-order valence-electron chi connectivity index (χ3n) is 7.83. The van der Waals surface area contributed by atoms with Gasteiger partial charge in [0.15, 0.2) is 0 Å². The summed E-state index contributed by atoms with van der Waals surface area (Å²) < 4.78 is 26.4. The molecule has 39 heavy (non-hydrogen) atoms. The van der Waals surface area contributed by atoms with Crippen molar-refractivity contribution in [2.24, 2.45) is 11.8 Å². The number of aryl methyl sites for hydroxylation is 2. The van der Waals surface area contributed by atoms with E-state index in [0.717, 1.165) is 32.1 Å². The maximum absolute atomic E-state index is 15.5. The van der Waals surface area contributed by atoms with Crippen LogP contribution in [0.3, 0.4) is 0 Å². The van der Waals surface area contributed by atoms with Crippen LogP contribution in [-0.4, -0.2) is 59.2 Å². The molecule has 2 fully saturated rings. The molecular formula is C29H36FN5O4. The van der Waals surface area contributed by atoms with Gasteiger partial charge in [-0.1, -0.05) is 13.0 Å². The standard InChI is InChI=1S/C29H36FN5O4/c1-15-5-10-21(39-12-18-6-7-18)24(25(15)30)27-28-26(31-14-32-27)23(17(3)33-28)29(37)34-19-8-9-20(16(2)11-19)35-22(36)13-38-4/h5,10,14,16,18-20,33H,6-9,11-13H2,1-4H3,(H,34,37)(H,35,36)/t16-,19-,20+/m1/s1. The molecule has 5 rings (SSSR count). The van der Waals surface area contributed by atoms with Gasteiger partial charge in [-0.2, -0.15) is 0 Å². The molecule has 10 heteroatoms. The van der Waals surface area contributed by atoms with Gasteiger partial charge in [-0.3, -0.25) is 9.59 Å². The Hall–Kier alpha value is -3.53. The monoisotopic (exact) mass is 537 g/mol. The Morgan fingerprint density at radius 1 is 1.13 bits per heavy atom. The quantitative estimate of drug-likeness (QED) is 0.376. The summed E-state index contributed by atoms with van der Waals surface area (Å²) in [5, 5.41) is 6.18. The SMILES string of the molecule is COCC(=O)N[C@H]1CC[C@@H](NC(=O)c2c(C)[nH]c3c(-c4c(OCC5CC5)ccc(C)c4F)ncnc23)C[C@H]1C. The lowest BCUT2D eigenvalue weighted by molar-refractivity contribution is -0.126. The van der Waals surface area contributed by atoms with E-state index in [4.69, 9.17) is 9.47 Å². The van der Waals surface area contributed by atoms with Crippen LogP contribution >= 0.6 is 0 Å². The highest BCUT2D eigenvalue weighted by molar-refractivity contribution is 6.09. The number of benzene rings is 1. The molecule has 0 unspecified atom stereocenters. The molecule has 0 saturated heterocycles. The molecule has 3 aromatic rings. The minimum atomic E-state index is -0.398. The van der Waals surface area contributed by atoms with E-state index in [1.807, 2.05) is 6.92 Å². The van der Waals surface area contributed by atoms with Gasteiger partial charge in [0.1, 0.15) is 35.7 Å². The summed E-state index contributed by atoms with van der Waals surface area (Å²) in [6.07, 6.45) is 5.85. The zero-order chi connectivity index (χ0) is 27.7. The average Bonchev–Trinajstić information content (AvgIpc) is 3.66. The molecule has 0 bridgehead atoms. The second-order valence-electron chi connectivity index (χ2n) is 11.0. The Balaban J connectivity index is 1.38. The number of H-pyrrole nitrogens is 1. The third kappa shape index (κ3) is 5.75. The molecule has 2 heterocycles. The summed E-state index contributed by atoms with van der Waals surface area (Å²) in [4.78, 5) is 37.5. The number of fused-ring (bicyclic) bond motifs is 1. The van der Waals surface area contributed by atoms with Gasteiger partial charge in [-0.25, -0.2) is 14.4 Å². The lowest BCUT2D eigenvalue weighted by Crippen LogP contribution is -2.48. The number of aromatic nitrogens is 3. The van der Waals surface area contributed by atoms with Crippen molar-refractivity contribution in [2.75, 3.05) is 20.3 Å². The Morgan fingerprint density at radius 2 is 1.92 bits per heavy atom. The number of halogens is 1. The lowest BCUT2D eigenvalue weighted by atomic mass is 9.82. The van der Waals surface area contributed by atoms with Crippen LogP contribution in [0.2, 0.25) is 0 Å². The van der Waals surface area contributed by atoms with Gasteiger partial charge in [-0.05, 0) is 69.4 Å². The molecule has 2 aromatic heterocycles. The van der Waals surface area contributed by atoms with Crippen LogP contribution in [0.1, 0.15) is 60.6 Å². The van der Waals surface area contributed by atoms with Crippen LogP contribution in [0, 0.1) is 31.5 Å². The van der Waals surface area contributed by atoms with Crippen molar-refractivity contribution in [3.63, 3.8) is 0 Å². The second kappa shape index (κ2) is 11.3. The van der Waals surface area contributed by atoms with E-state index in [9.17, 15) is 9.59 Å². The van der Waals surface area contributed by atoms with E-state index in [0.29, 0.717) is 51.8 Å². The number of hydrogen-bond acceptors (Lipinski definition) is 6. The van der Waals surface area contributed by atoms with Gasteiger partial charge < -0.3 is 25.1 Å². The van der Waals surface area contributed by atoms with Gasteiger partial charge in [0.25, 0.3) is 5.91 Å². The molecular weight excluding hydrogens is 501 g/mol. The Bertz CT molecular complexity index is 1390. The summed E-state index contributed by atoms with van der Waals surface area (Å²) in [6, 6.07) is 3.50. The Kier molecular flexibility index (Phi) is 7.83. The van der Waals surface area contributed by atoms with Crippen LogP contribution in [0.25, 0.3) is 22.3 Å². The van der Waals surface area contributed by atoms with Crippen LogP contribution in [-0.2, 0) is 9.53 Å². The molecule has 0 spiro atoms. The Labute approximate surface area is 227 Å². The van der Waals surface area contributed by atoms with Gasteiger partial charge in [0.2, 0.25) is 5.91 Å². The molecule has 9 nitrogen and oxygen atoms in total.